The second-order valence-corrected chi connectivity index (χ2v) is 8.61. The molecule has 3 aliphatic rings. The lowest BCUT2D eigenvalue weighted by Crippen LogP contribution is -2.55. The average Bonchev–Trinajstić information content (AvgIpc) is 3.31. The number of morpholine rings is 2. The van der Waals surface area contributed by atoms with Gasteiger partial charge in [-0.05, 0) is 42.0 Å². The summed E-state index contributed by atoms with van der Waals surface area (Å²) in [5, 5.41) is 13.4. The van der Waals surface area contributed by atoms with Crippen LogP contribution in [0.2, 0.25) is 0 Å². The number of anilines is 3. The Morgan fingerprint density at radius 3 is 2.69 bits per heavy atom. The van der Waals surface area contributed by atoms with Crippen LogP contribution in [0.15, 0.2) is 60.1 Å². The average molecular weight is 491 g/mol. The molecule has 10 nitrogen and oxygen atoms in total. The quantitative estimate of drug-likeness (QED) is 0.629. The van der Waals surface area contributed by atoms with Crippen LogP contribution in [0, 0.1) is 0 Å². The second-order valence-electron chi connectivity index (χ2n) is 8.61. The molecule has 36 heavy (non-hydrogen) atoms. The molecule has 0 spiro atoms. The predicted octanol–water partition coefficient (Wildman–Crippen LogP) is 1.27. The largest absolute Gasteiger partial charge is 0.380 e. The van der Waals surface area contributed by atoms with Gasteiger partial charge >= 0.3 is 0 Å². The van der Waals surface area contributed by atoms with Crippen LogP contribution in [0.4, 0.5) is 17.1 Å². The van der Waals surface area contributed by atoms with Gasteiger partial charge in [-0.1, -0.05) is 18.7 Å². The number of aliphatic hydroxyl groups excluding tert-OH is 1. The summed E-state index contributed by atoms with van der Waals surface area (Å²) in [7, 11) is 0. The van der Waals surface area contributed by atoms with E-state index in [1.165, 1.54) is 4.90 Å². The molecule has 2 atom stereocenters. The molecule has 2 fully saturated rings. The smallest absolute Gasteiger partial charge is 0.259 e. The third kappa shape index (κ3) is 4.53. The number of fused-ring (bicyclic) bond motifs is 1. The zero-order valence-electron chi connectivity index (χ0n) is 19.6. The Hall–Kier alpha value is -3.86. The van der Waals surface area contributed by atoms with Crippen LogP contribution in [0.25, 0.3) is 0 Å². The Kier molecular flexibility index (Phi) is 6.64. The van der Waals surface area contributed by atoms with Crippen molar-refractivity contribution in [2.75, 3.05) is 48.0 Å². The van der Waals surface area contributed by atoms with Crippen molar-refractivity contribution in [2.24, 2.45) is 4.99 Å². The van der Waals surface area contributed by atoms with Crippen LogP contribution in [-0.2, 0) is 30.4 Å². The lowest BCUT2D eigenvalue weighted by Gasteiger charge is -2.35. The van der Waals surface area contributed by atoms with E-state index < -0.39 is 24.0 Å². The van der Waals surface area contributed by atoms with Gasteiger partial charge in [0.1, 0.15) is 6.61 Å². The molecule has 0 aliphatic carbocycles. The van der Waals surface area contributed by atoms with Crippen LogP contribution < -0.4 is 15.1 Å². The molecular weight excluding hydrogens is 464 g/mol. The van der Waals surface area contributed by atoms with Gasteiger partial charge in [-0.3, -0.25) is 19.4 Å². The monoisotopic (exact) mass is 490 g/mol. The lowest BCUT2D eigenvalue weighted by molar-refractivity contribution is -0.150. The summed E-state index contributed by atoms with van der Waals surface area (Å²) < 4.78 is 10.7. The molecule has 0 bridgehead atoms. The van der Waals surface area contributed by atoms with Crippen molar-refractivity contribution >= 4 is 40.5 Å². The molecule has 0 saturated carbocycles. The van der Waals surface area contributed by atoms with E-state index in [0.717, 1.165) is 16.8 Å². The Labute approximate surface area is 207 Å². The van der Waals surface area contributed by atoms with Crippen molar-refractivity contribution in [1.82, 2.24) is 0 Å². The van der Waals surface area contributed by atoms with Crippen LogP contribution in [-0.4, -0.2) is 73.7 Å². The molecule has 2 aromatic rings. The number of hydrogen-bond acceptors (Lipinski definition) is 7. The molecule has 5 rings (SSSR count). The highest BCUT2D eigenvalue weighted by Crippen LogP contribution is 2.27. The van der Waals surface area contributed by atoms with Crippen molar-refractivity contribution in [3.8, 4) is 0 Å². The van der Waals surface area contributed by atoms with Gasteiger partial charge in [-0.25, -0.2) is 0 Å². The molecule has 2 N–H and O–H groups in total. The molecule has 0 aromatic heterocycles. The van der Waals surface area contributed by atoms with E-state index >= 15 is 0 Å². The van der Waals surface area contributed by atoms with Crippen LogP contribution >= 0.6 is 0 Å². The van der Waals surface area contributed by atoms with E-state index in [2.05, 4.69) is 16.9 Å². The number of aliphatic imine (C=N–C) groups is 1. The van der Waals surface area contributed by atoms with Crippen LogP contribution in [0.1, 0.15) is 11.1 Å². The molecule has 2 aromatic carbocycles. The Morgan fingerprint density at radius 1 is 1.14 bits per heavy atom. The van der Waals surface area contributed by atoms with Gasteiger partial charge in [-0.15, -0.1) is 0 Å². The van der Waals surface area contributed by atoms with Crippen molar-refractivity contribution < 1.29 is 29.0 Å². The predicted molar refractivity (Wildman–Crippen MR) is 133 cm³/mol. The van der Waals surface area contributed by atoms with Crippen molar-refractivity contribution in [3.63, 3.8) is 0 Å². The van der Waals surface area contributed by atoms with Gasteiger partial charge in [-0.2, -0.15) is 0 Å². The number of ether oxygens (including phenoxy) is 2. The third-order valence-corrected chi connectivity index (χ3v) is 6.38. The van der Waals surface area contributed by atoms with Crippen molar-refractivity contribution in [1.29, 1.82) is 0 Å². The first kappa shape index (κ1) is 23.9. The van der Waals surface area contributed by atoms with Crippen LogP contribution in [0.5, 0.6) is 0 Å². The first-order valence-corrected chi connectivity index (χ1v) is 11.7. The lowest BCUT2D eigenvalue weighted by atomic mass is 10.0. The van der Waals surface area contributed by atoms with Gasteiger partial charge in [0.05, 0.1) is 25.5 Å². The molecule has 3 aliphatic heterocycles. The van der Waals surface area contributed by atoms with E-state index in [-0.39, 0.29) is 25.7 Å². The maximum Gasteiger partial charge on any atom is 0.259 e. The van der Waals surface area contributed by atoms with Gasteiger partial charge in [0.15, 0.2) is 12.2 Å². The number of benzene rings is 2. The topological polar surface area (TPSA) is 121 Å². The number of allylic oxidation sites excluding steroid dienone is 1. The van der Waals surface area contributed by atoms with E-state index in [0.29, 0.717) is 36.8 Å². The number of carbonyl (C=O) groups excluding carboxylic acids is 3. The summed E-state index contributed by atoms with van der Waals surface area (Å²) in [6.07, 6.45) is -1.39. The maximum absolute atomic E-state index is 13.2. The molecule has 3 amide bonds. The fraction of sp³-hybridized carbons (Fsp3) is 0.308. The van der Waals surface area contributed by atoms with Crippen molar-refractivity contribution in [2.45, 2.75) is 18.8 Å². The molecular formula is C26H26N4O6. The molecule has 3 heterocycles. The summed E-state index contributed by atoms with van der Waals surface area (Å²) >= 11 is 0. The Balaban J connectivity index is 1.28. The number of rotatable bonds is 6. The first-order chi connectivity index (χ1) is 17.5. The highest BCUT2D eigenvalue weighted by molar-refractivity contribution is 6.11. The zero-order chi connectivity index (χ0) is 25.2. The minimum Gasteiger partial charge on any atom is -0.380 e. The fourth-order valence-corrected chi connectivity index (χ4v) is 4.54. The van der Waals surface area contributed by atoms with Crippen molar-refractivity contribution in [3.05, 3.63) is 66.2 Å². The van der Waals surface area contributed by atoms with E-state index in [9.17, 15) is 19.5 Å². The standard InChI is InChI=1S/C26H26N4O6/c1-2-21-20-7-6-17(12-16(20)14-27-21)28-25(33)23(32)24-26(34)30(9-11-36-24)19-5-3-4-18(13-19)29-8-10-35-15-22(29)31/h2-7,12-13,23-24,32H,1,8-11,14-15H2,(H,28,33). The number of carbonyl (C=O) groups is 3. The summed E-state index contributed by atoms with van der Waals surface area (Å²) in [6.45, 7) is 5.49. The summed E-state index contributed by atoms with van der Waals surface area (Å²) in [6, 6.07) is 12.4. The minimum absolute atomic E-state index is 0.0107. The molecule has 0 radical (unpaired) electrons. The summed E-state index contributed by atoms with van der Waals surface area (Å²) in [4.78, 5) is 45.7. The third-order valence-electron chi connectivity index (χ3n) is 6.38. The van der Waals surface area contributed by atoms with Gasteiger partial charge in [0.2, 0.25) is 0 Å². The number of nitrogens with one attached hydrogen (secondary N) is 1. The van der Waals surface area contributed by atoms with Gasteiger partial charge < -0.3 is 29.7 Å². The Morgan fingerprint density at radius 2 is 1.92 bits per heavy atom. The molecule has 2 unspecified atom stereocenters. The Bertz CT molecular complexity index is 1260. The van der Waals surface area contributed by atoms with Gasteiger partial charge in [0, 0.05) is 35.7 Å². The first-order valence-electron chi connectivity index (χ1n) is 11.7. The molecule has 2 saturated heterocycles. The zero-order valence-corrected chi connectivity index (χ0v) is 19.6. The molecule has 186 valence electrons. The molecule has 10 heteroatoms. The van der Waals surface area contributed by atoms with Gasteiger partial charge in [0.25, 0.3) is 17.7 Å². The van der Waals surface area contributed by atoms with E-state index in [1.807, 2.05) is 6.07 Å². The summed E-state index contributed by atoms with van der Waals surface area (Å²) in [5.41, 5.74) is 4.37. The summed E-state index contributed by atoms with van der Waals surface area (Å²) in [5.74, 6) is -1.44. The van der Waals surface area contributed by atoms with Crippen LogP contribution in [0.3, 0.4) is 0 Å². The number of amides is 3. The normalized spacial score (nSPS) is 20.6. The highest BCUT2D eigenvalue weighted by atomic mass is 16.5. The SMILES string of the molecule is C=CC1=NCc2cc(NC(=O)C(O)C3OCCN(c4cccc(N5CCOCC5=O)c4)C3=O)ccc21. The number of hydrogen-bond donors (Lipinski definition) is 2. The van der Waals surface area contributed by atoms with E-state index in [4.69, 9.17) is 9.47 Å². The maximum atomic E-state index is 13.2. The minimum atomic E-state index is -1.71. The van der Waals surface area contributed by atoms with E-state index in [1.54, 1.807) is 47.4 Å². The number of nitrogens with zero attached hydrogens (tertiary/aromatic N) is 3. The number of aliphatic hydroxyl groups is 1. The highest BCUT2D eigenvalue weighted by Gasteiger charge is 2.39. The fourth-order valence-electron chi connectivity index (χ4n) is 4.54. The second kappa shape index (κ2) is 10.0.